The highest BCUT2D eigenvalue weighted by Gasteiger charge is 2.45. The van der Waals surface area contributed by atoms with Crippen LogP contribution in [-0.2, 0) is 4.74 Å². The number of ether oxygens (including phenoxy) is 2. The maximum absolute atomic E-state index is 13.0. The summed E-state index contributed by atoms with van der Waals surface area (Å²) in [7, 11) is 0. The number of rotatable bonds is 3. The lowest BCUT2D eigenvalue weighted by atomic mass is 9.83. The smallest absolute Gasteiger partial charge is 0.229 e. The minimum absolute atomic E-state index is 0.0511. The van der Waals surface area contributed by atoms with E-state index in [1.165, 1.54) is 36.4 Å². The molecule has 0 saturated carbocycles. The Morgan fingerprint density at radius 2 is 1.52 bits per heavy atom. The lowest BCUT2D eigenvalue weighted by molar-refractivity contribution is -0.277. The number of hydrogen-bond acceptors (Lipinski definition) is 9. The van der Waals surface area contributed by atoms with Gasteiger partial charge in [0.1, 0.15) is 35.9 Å². The highest BCUT2D eigenvalue weighted by molar-refractivity contribution is 6.30. The minimum atomic E-state index is -1.68. The molecule has 0 spiro atoms. The van der Waals surface area contributed by atoms with Crippen LogP contribution in [0.25, 0.3) is 0 Å². The normalized spacial score (nSPS) is 28.6. The van der Waals surface area contributed by atoms with E-state index in [4.69, 9.17) is 9.47 Å². The predicted octanol–water partition coefficient (Wildman–Crippen LogP) is -0.654. The molecule has 1 aliphatic carbocycles. The highest BCUT2D eigenvalue weighted by Crippen LogP contribution is 2.37. The Hall–Kier alpha value is -2.82. The van der Waals surface area contributed by atoms with Crippen molar-refractivity contribution in [2.75, 3.05) is 6.61 Å². The van der Waals surface area contributed by atoms with Crippen LogP contribution in [0.1, 0.15) is 31.8 Å². The second kappa shape index (κ2) is 7.21. The number of phenolic OH excluding ortho intramolecular Hbond substituents is 1. The summed E-state index contributed by atoms with van der Waals surface area (Å²) in [4.78, 5) is 25.8. The van der Waals surface area contributed by atoms with Crippen LogP contribution in [0.5, 0.6) is 11.5 Å². The van der Waals surface area contributed by atoms with Gasteiger partial charge in [-0.15, -0.1) is 0 Å². The van der Waals surface area contributed by atoms with Crippen molar-refractivity contribution >= 4 is 11.6 Å². The van der Waals surface area contributed by atoms with Crippen molar-refractivity contribution in [2.45, 2.75) is 30.7 Å². The molecule has 2 aromatic rings. The molecule has 0 aromatic heterocycles. The number of aliphatic hydroxyl groups is 4. The van der Waals surface area contributed by atoms with Crippen molar-refractivity contribution in [2.24, 2.45) is 0 Å². The molecule has 29 heavy (non-hydrogen) atoms. The van der Waals surface area contributed by atoms with Crippen molar-refractivity contribution in [3.63, 3.8) is 0 Å². The second-order valence-corrected chi connectivity index (χ2v) is 6.85. The zero-order chi connectivity index (χ0) is 20.9. The van der Waals surface area contributed by atoms with Crippen LogP contribution in [0, 0.1) is 0 Å². The van der Waals surface area contributed by atoms with Gasteiger partial charge in [-0.3, -0.25) is 9.59 Å². The summed E-state index contributed by atoms with van der Waals surface area (Å²) in [6.45, 7) is -0.642. The molecule has 1 saturated heterocycles. The van der Waals surface area contributed by atoms with E-state index in [0.717, 1.165) is 0 Å². The van der Waals surface area contributed by atoms with E-state index in [9.17, 15) is 35.1 Å². The summed E-state index contributed by atoms with van der Waals surface area (Å²) < 4.78 is 10.9. The quantitative estimate of drug-likeness (QED) is 0.384. The number of hydrogen-bond donors (Lipinski definition) is 5. The van der Waals surface area contributed by atoms with Crippen molar-refractivity contribution in [3.05, 3.63) is 58.7 Å². The van der Waals surface area contributed by atoms with Crippen LogP contribution in [0.4, 0.5) is 0 Å². The summed E-state index contributed by atoms with van der Waals surface area (Å²) in [5.41, 5.74) is -0.166. The summed E-state index contributed by atoms with van der Waals surface area (Å²) in [6, 6.07) is 8.45. The van der Waals surface area contributed by atoms with Gasteiger partial charge in [-0.2, -0.15) is 0 Å². The fraction of sp³-hybridized carbons (Fsp3) is 0.300. The average Bonchev–Trinajstić information content (AvgIpc) is 2.72. The van der Waals surface area contributed by atoms with Crippen molar-refractivity contribution in [1.29, 1.82) is 0 Å². The Morgan fingerprint density at radius 1 is 0.862 bits per heavy atom. The molecule has 2 aromatic carbocycles. The van der Waals surface area contributed by atoms with Gasteiger partial charge in [-0.05, 0) is 12.1 Å². The molecule has 4 rings (SSSR count). The standard InChI is InChI=1S/C20H18O9/c21-7-12-16(24)18(26)19(27)20(29-12)28-11-6-2-4-9-14(11)17(25)13-8(15(9)23)3-1-5-10(13)22/h1-6,12,16,18-22,24,26-27H,7H2/t12-,16+,18+,19+,20+/m0/s1. The molecule has 0 amide bonds. The van der Waals surface area contributed by atoms with E-state index >= 15 is 0 Å². The van der Waals surface area contributed by atoms with Gasteiger partial charge in [0.2, 0.25) is 12.1 Å². The third kappa shape index (κ3) is 3.00. The molecule has 152 valence electrons. The molecular formula is C20H18O9. The molecule has 1 fully saturated rings. The van der Waals surface area contributed by atoms with Crippen molar-refractivity contribution in [1.82, 2.24) is 0 Å². The Balaban J connectivity index is 1.74. The molecule has 9 heteroatoms. The number of carbonyl (C=O) groups is 2. The first-order valence-electron chi connectivity index (χ1n) is 8.86. The van der Waals surface area contributed by atoms with Gasteiger partial charge in [0.25, 0.3) is 0 Å². The zero-order valence-electron chi connectivity index (χ0n) is 14.9. The molecule has 0 unspecified atom stereocenters. The molecule has 2 aliphatic rings. The zero-order valence-corrected chi connectivity index (χ0v) is 14.9. The number of aliphatic hydroxyl groups excluding tert-OH is 4. The Kier molecular flexibility index (Phi) is 4.85. The Bertz CT molecular complexity index is 984. The summed E-state index contributed by atoms with van der Waals surface area (Å²) >= 11 is 0. The van der Waals surface area contributed by atoms with Crippen LogP contribution in [0.2, 0.25) is 0 Å². The number of benzene rings is 2. The average molecular weight is 402 g/mol. The molecule has 1 heterocycles. The van der Waals surface area contributed by atoms with Crippen LogP contribution in [-0.4, -0.2) is 74.4 Å². The second-order valence-electron chi connectivity index (χ2n) is 6.85. The first-order valence-corrected chi connectivity index (χ1v) is 8.86. The SMILES string of the molecule is O=C1c2cccc(O)c2C(=O)c2c(O[C@@H]3O[C@@H](CO)[C@@H](O)[C@@H](O)[C@H]3O)cccc21. The maximum atomic E-state index is 13.0. The number of aromatic hydroxyl groups is 1. The van der Waals surface area contributed by atoms with Gasteiger partial charge in [-0.25, -0.2) is 0 Å². The molecule has 1 aliphatic heterocycles. The summed E-state index contributed by atoms with van der Waals surface area (Å²) in [5.74, 6) is -1.59. The van der Waals surface area contributed by atoms with E-state index in [1.54, 1.807) is 0 Å². The largest absolute Gasteiger partial charge is 0.507 e. The van der Waals surface area contributed by atoms with Crippen molar-refractivity contribution in [3.8, 4) is 11.5 Å². The van der Waals surface area contributed by atoms with Crippen molar-refractivity contribution < 1.29 is 44.6 Å². The van der Waals surface area contributed by atoms with E-state index < -0.39 is 48.9 Å². The van der Waals surface area contributed by atoms with Gasteiger partial charge in [0.15, 0.2) is 5.78 Å². The van der Waals surface area contributed by atoms with Gasteiger partial charge >= 0.3 is 0 Å². The van der Waals surface area contributed by atoms with Gasteiger partial charge < -0.3 is 35.0 Å². The number of fused-ring (bicyclic) bond motifs is 2. The van der Waals surface area contributed by atoms with E-state index in [-0.39, 0.29) is 33.8 Å². The Labute approximate surface area is 164 Å². The molecule has 0 radical (unpaired) electrons. The molecular weight excluding hydrogens is 384 g/mol. The monoisotopic (exact) mass is 402 g/mol. The highest BCUT2D eigenvalue weighted by atomic mass is 16.7. The predicted molar refractivity (Wildman–Crippen MR) is 95.8 cm³/mol. The number of carbonyl (C=O) groups excluding carboxylic acids is 2. The first kappa shape index (κ1) is 19.5. The maximum Gasteiger partial charge on any atom is 0.229 e. The lowest BCUT2D eigenvalue weighted by Crippen LogP contribution is -2.60. The number of ketones is 2. The van der Waals surface area contributed by atoms with Gasteiger partial charge in [0.05, 0.1) is 17.7 Å². The number of phenols is 1. The van der Waals surface area contributed by atoms with E-state index in [2.05, 4.69) is 0 Å². The third-order valence-electron chi connectivity index (χ3n) is 5.10. The molecule has 0 bridgehead atoms. The van der Waals surface area contributed by atoms with Crippen LogP contribution in [0.3, 0.4) is 0 Å². The first-order chi connectivity index (χ1) is 13.8. The summed E-state index contributed by atoms with van der Waals surface area (Å²) in [5, 5.41) is 49.4. The minimum Gasteiger partial charge on any atom is -0.507 e. The van der Waals surface area contributed by atoms with Crippen LogP contribution >= 0.6 is 0 Å². The molecule has 5 atom stereocenters. The third-order valence-corrected chi connectivity index (χ3v) is 5.10. The lowest BCUT2D eigenvalue weighted by Gasteiger charge is -2.39. The van der Waals surface area contributed by atoms with E-state index in [1.807, 2.05) is 0 Å². The fourth-order valence-corrected chi connectivity index (χ4v) is 3.58. The topological polar surface area (TPSA) is 154 Å². The van der Waals surface area contributed by atoms with Crippen LogP contribution < -0.4 is 4.74 Å². The Morgan fingerprint density at radius 3 is 2.21 bits per heavy atom. The van der Waals surface area contributed by atoms with Crippen LogP contribution in [0.15, 0.2) is 36.4 Å². The van der Waals surface area contributed by atoms with Gasteiger partial charge in [-0.1, -0.05) is 24.3 Å². The molecule has 9 nitrogen and oxygen atoms in total. The molecule has 5 N–H and O–H groups in total. The van der Waals surface area contributed by atoms with Gasteiger partial charge in [0, 0.05) is 11.1 Å². The summed E-state index contributed by atoms with van der Waals surface area (Å²) in [6.07, 6.45) is -7.62. The van der Waals surface area contributed by atoms with E-state index in [0.29, 0.717) is 0 Å². The fourth-order valence-electron chi connectivity index (χ4n) is 3.58.